The highest BCUT2D eigenvalue weighted by molar-refractivity contribution is 9.10. The molecule has 10 heteroatoms. The predicted molar refractivity (Wildman–Crippen MR) is 133 cm³/mol. The third kappa shape index (κ3) is 9.81. The maximum absolute atomic E-state index is 12.9. The summed E-state index contributed by atoms with van der Waals surface area (Å²) in [5, 5.41) is 4.84. The summed E-state index contributed by atoms with van der Waals surface area (Å²) < 4.78 is 45.0. The Hall–Kier alpha value is -1.97. The molecule has 1 aliphatic heterocycles. The van der Waals surface area contributed by atoms with Crippen LogP contribution in [-0.2, 0) is 4.79 Å². The average molecular weight is 539 g/mol. The molecule has 1 aliphatic rings. The molecule has 1 amide bonds. The van der Waals surface area contributed by atoms with Crippen molar-refractivity contribution in [2.24, 2.45) is 5.10 Å². The summed E-state index contributed by atoms with van der Waals surface area (Å²) in [6.07, 6.45) is -4.72. The fraction of sp³-hybridized carbons (Fsp3) is 0.652. The monoisotopic (exact) mass is 538 g/mol. The second-order valence-electron chi connectivity index (χ2n) is 6.57. The molecule has 0 saturated carbocycles. The molecule has 2 rings (SSSR count). The van der Waals surface area contributed by atoms with Crippen LogP contribution in [0.3, 0.4) is 0 Å². The summed E-state index contributed by atoms with van der Waals surface area (Å²) in [5.74, 6) is 0.509. The number of likely N-dealkylation sites (N-methyl/N-ethyl adjacent to an activating group) is 1. The van der Waals surface area contributed by atoms with Crippen molar-refractivity contribution >= 4 is 33.2 Å². The SMILES string of the molecule is CC.CC.CC/C(=N\N(CC)CC(=O)N1CCN(c2ccc(Br)c(OC)c2)CC1)C(F)(F)F. The number of alkyl halides is 3. The highest BCUT2D eigenvalue weighted by atomic mass is 79.9. The normalized spacial score (nSPS) is 14.0. The number of amides is 1. The molecule has 1 heterocycles. The summed E-state index contributed by atoms with van der Waals surface area (Å²) in [6.45, 7) is 13.4. The quantitative estimate of drug-likeness (QED) is 0.324. The third-order valence-corrected chi connectivity index (χ3v) is 5.39. The lowest BCUT2D eigenvalue weighted by molar-refractivity contribution is -0.132. The number of anilines is 1. The Morgan fingerprint density at radius 1 is 1.12 bits per heavy atom. The molecule has 0 N–H and O–H groups in total. The van der Waals surface area contributed by atoms with Crippen LogP contribution in [0.4, 0.5) is 18.9 Å². The van der Waals surface area contributed by atoms with E-state index in [9.17, 15) is 18.0 Å². The van der Waals surface area contributed by atoms with Gasteiger partial charge in [0, 0.05) is 44.5 Å². The van der Waals surface area contributed by atoms with Crippen LogP contribution in [0, 0.1) is 0 Å². The van der Waals surface area contributed by atoms with E-state index in [1.807, 2.05) is 45.9 Å². The molecular formula is C23H38BrF3N4O2. The molecule has 0 spiro atoms. The van der Waals surface area contributed by atoms with Crippen molar-refractivity contribution in [2.45, 2.75) is 54.1 Å². The number of carbonyl (C=O) groups excluding carboxylic acids is 1. The van der Waals surface area contributed by atoms with Gasteiger partial charge in [-0.15, -0.1) is 0 Å². The van der Waals surface area contributed by atoms with E-state index in [-0.39, 0.29) is 25.4 Å². The molecule has 190 valence electrons. The van der Waals surface area contributed by atoms with Crippen molar-refractivity contribution < 1.29 is 22.7 Å². The van der Waals surface area contributed by atoms with Gasteiger partial charge in [-0.3, -0.25) is 9.80 Å². The molecule has 1 aromatic carbocycles. The number of methoxy groups -OCH3 is 1. The van der Waals surface area contributed by atoms with E-state index in [1.54, 1.807) is 18.9 Å². The maximum Gasteiger partial charge on any atom is 0.431 e. The number of halogens is 4. The van der Waals surface area contributed by atoms with E-state index in [0.717, 1.165) is 15.9 Å². The van der Waals surface area contributed by atoms with E-state index in [4.69, 9.17) is 4.74 Å². The number of carbonyl (C=O) groups is 1. The molecule has 1 saturated heterocycles. The van der Waals surface area contributed by atoms with Crippen LogP contribution in [0.25, 0.3) is 0 Å². The fourth-order valence-corrected chi connectivity index (χ4v) is 3.44. The van der Waals surface area contributed by atoms with Gasteiger partial charge in [-0.05, 0) is 41.4 Å². The van der Waals surface area contributed by atoms with Crippen molar-refractivity contribution in [3.8, 4) is 5.75 Å². The Kier molecular flexibility index (Phi) is 14.9. The van der Waals surface area contributed by atoms with E-state index in [2.05, 4.69) is 25.9 Å². The Morgan fingerprint density at radius 3 is 2.15 bits per heavy atom. The highest BCUT2D eigenvalue weighted by Crippen LogP contribution is 2.30. The van der Waals surface area contributed by atoms with Crippen LogP contribution in [0.15, 0.2) is 27.8 Å². The van der Waals surface area contributed by atoms with E-state index < -0.39 is 11.9 Å². The van der Waals surface area contributed by atoms with Crippen LogP contribution >= 0.6 is 15.9 Å². The van der Waals surface area contributed by atoms with Crippen LogP contribution in [0.5, 0.6) is 5.75 Å². The molecule has 1 aromatic rings. The molecule has 0 aromatic heterocycles. The van der Waals surface area contributed by atoms with Gasteiger partial charge in [-0.25, -0.2) is 0 Å². The molecule has 1 fully saturated rings. The minimum atomic E-state index is -4.48. The van der Waals surface area contributed by atoms with Gasteiger partial charge in [0.2, 0.25) is 5.91 Å². The van der Waals surface area contributed by atoms with Gasteiger partial charge in [0.05, 0.1) is 11.6 Å². The van der Waals surface area contributed by atoms with Gasteiger partial charge in [-0.1, -0.05) is 34.6 Å². The van der Waals surface area contributed by atoms with Gasteiger partial charge < -0.3 is 14.5 Å². The Morgan fingerprint density at radius 2 is 1.70 bits per heavy atom. The van der Waals surface area contributed by atoms with Crippen LogP contribution < -0.4 is 9.64 Å². The number of hydrogen-bond acceptors (Lipinski definition) is 5. The summed E-state index contributed by atoms with van der Waals surface area (Å²) in [5.41, 5.74) is 0.121. The molecular weight excluding hydrogens is 501 g/mol. The first-order valence-electron chi connectivity index (χ1n) is 11.4. The zero-order chi connectivity index (χ0) is 25.6. The number of hydrogen-bond donors (Lipinski definition) is 0. The fourth-order valence-electron chi connectivity index (χ4n) is 3.03. The zero-order valence-corrected chi connectivity index (χ0v) is 22.4. The molecule has 0 radical (unpaired) electrons. The van der Waals surface area contributed by atoms with Crippen LogP contribution in [-0.4, -0.2) is 74.1 Å². The first kappa shape index (κ1) is 31.0. The number of piperazine rings is 1. The smallest absolute Gasteiger partial charge is 0.431 e. The molecule has 0 atom stereocenters. The Bertz CT molecular complexity index is 737. The van der Waals surface area contributed by atoms with Gasteiger partial charge >= 0.3 is 6.18 Å². The lowest BCUT2D eigenvalue weighted by atomic mass is 10.2. The lowest BCUT2D eigenvalue weighted by Crippen LogP contribution is -2.51. The van der Waals surface area contributed by atoms with Gasteiger partial charge in [0.1, 0.15) is 18.0 Å². The molecule has 0 bridgehead atoms. The molecule has 0 unspecified atom stereocenters. The van der Waals surface area contributed by atoms with Crippen molar-refractivity contribution in [3.05, 3.63) is 22.7 Å². The van der Waals surface area contributed by atoms with Crippen molar-refractivity contribution in [1.29, 1.82) is 0 Å². The van der Waals surface area contributed by atoms with Crippen LogP contribution in [0.2, 0.25) is 0 Å². The molecule has 0 aliphatic carbocycles. The minimum Gasteiger partial charge on any atom is -0.495 e. The standard InChI is InChI=1S/C19H26BrF3N4O2.2C2H6/c1-4-17(19(21,22)23)24-27(5-2)13-18(28)26-10-8-25(9-11-26)14-6-7-15(20)16(12-14)29-3;2*1-2/h6-7,12H,4-5,8-11,13H2,1-3H3;2*1-2H3/b24-17+;;. The minimum absolute atomic E-state index is 0.164. The highest BCUT2D eigenvalue weighted by Gasteiger charge is 2.35. The topological polar surface area (TPSA) is 48.4 Å². The van der Waals surface area contributed by atoms with Gasteiger partial charge in [0.25, 0.3) is 0 Å². The number of rotatable bonds is 7. The number of nitrogens with zero attached hydrogens (tertiary/aromatic N) is 4. The number of hydrazone groups is 1. The number of benzene rings is 1. The second kappa shape index (κ2) is 15.8. The third-order valence-electron chi connectivity index (χ3n) is 4.74. The summed E-state index contributed by atoms with van der Waals surface area (Å²) in [4.78, 5) is 16.4. The van der Waals surface area contributed by atoms with Crippen molar-refractivity contribution in [2.75, 3.05) is 51.3 Å². The van der Waals surface area contributed by atoms with E-state index in [1.165, 1.54) is 11.9 Å². The van der Waals surface area contributed by atoms with Crippen molar-refractivity contribution in [1.82, 2.24) is 9.91 Å². The summed E-state index contributed by atoms with van der Waals surface area (Å²) in [6, 6.07) is 5.81. The van der Waals surface area contributed by atoms with Gasteiger partial charge in [-0.2, -0.15) is 18.3 Å². The summed E-state index contributed by atoms with van der Waals surface area (Å²) in [7, 11) is 1.60. The maximum atomic E-state index is 12.9. The predicted octanol–water partition coefficient (Wildman–Crippen LogP) is 5.81. The molecule has 6 nitrogen and oxygen atoms in total. The van der Waals surface area contributed by atoms with E-state index in [0.29, 0.717) is 26.2 Å². The lowest BCUT2D eigenvalue weighted by Gasteiger charge is -2.37. The largest absolute Gasteiger partial charge is 0.495 e. The molecule has 33 heavy (non-hydrogen) atoms. The first-order valence-corrected chi connectivity index (χ1v) is 12.2. The number of ether oxygens (including phenoxy) is 1. The summed E-state index contributed by atoms with van der Waals surface area (Å²) >= 11 is 3.43. The van der Waals surface area contributed by atoms with Crippen LogP contribution in [0.1, 0.15) is 48.0 Å². The Labute approximate surface area is 204 Å². The second-order valence-corrected chi connectivity index (χ2v) is 7.42. The first-order chi connectivity index (χ1) is 15.7. The average Bonchev–Trinajstić information content (AvgIpc) is 2.83. The zero-order valence-electron chi connectivity index (χ0n) is 20.8. The van der Waals surface area contributed by atoms with Gasteiger partial charge in [0.15, 0.2) is 0 Å². The Balaban J connectivity index is 0.00000242. The van der Waals surface area contributed by atoms with Crippen molar-refractivity contribution in [3.63, 3.8) is 0 Å². The van der Waals surface area contributed by atoms with E-state index >= 15 is 0 Å².